The number of imidazole rings is 1. The Hall–Kier alpha value is -2.90. The number of carbonyl (C=O) groups is 1. The smallest absolute Gasteiger partial charge is 0.295 e. The third kappa shape index (κ3) is 3.59. The molecule has 0 spiro atoms. The van der Waals surface area contributed by atoms with E-state index in [1.165, 1.54) is 0 Å². The molecule has 1 aliphatic rings. The van der Waals surface area contributed by atoms with Crippen molar-refractivity contribution in [1.82, 2.24) is 24.2 Å². The number of hydrogen-bond acceptors (Lipinski definition) is 4. The zero-order chi connectivity index (χ0) is 20.5. The van der Waals surface area contributed by atoms with Gasteiger partial charge in [0, 0.05) is 55.2 Å². The zero-order valence-corrected chi connectivity index (χ0v) is 16.9. The van der Waals surface area contributed by atoms with Gasteiger partial charge in [0.15, 0.2) is 0 Å². The highest BCUT2D eigenvalue weighted by Gasteiger charge is 2.24. The van der Waals surface area contributed by atoms with Crippen molar-refractivity contribution in [2.75, 3.05) is 19.6 Å². The van der Waals surface area contributed by atoms with Gasteiger partial charge >= 0.3 is 0 Å². The molecule has 7 nitrogen and oxygen atoms in total. The van der Waals surface area contributed by atoms with Gasteiger partial charge in [-0.25, -0.2) is 4.98 Å². The lowest BCUT2D eigenvalue weighted by Gasteiger charge is -2.31. The van der Waals surface area contributed by atoms with Crippen LogP contribution in [0.4, 0.5) is 0 Å². The maximum absolute atomic E-state index is 13.1. The number of hydrogen-bond donors (Lipinski definition) is 1. The van der Waals surface area contributed by atoms with Gasteiger partial charge in [-0.2, -0.15) is 0 Å². The second kappa shape index (κ2) is 7.85. The minimum atomic E-state index is -0.296. The number of piperazine rings is 1. The van der Waals surface area contributed by atoms with Gasteiger partial charge in [-0.05, 0) is 13.0 Å². The minimum Gasteiger partial charge on any atom is -0.334 e. The Labute approximate surface area is 173 Å². The fourth-order valence-corrected chi connectivity index (χ4v) is 3.89. The SMILES string of the molecule is C=CCn1c(-c2ccccc2Cl)cn2cc(C(=O)N3CCN[C@H](C)C3)nc2c1=O. The molecule has 1 fully saturated rings. The van der Waals surface area contributed by atoms with E-state index in [1.54, 1.807) is 38.4 Å². The van der Waals surface area contributed by atoms with Crippen molar-refractivity contribution in [2.45, 2.75) is 19.5 Å². The van der Waals surface area contributed by atoms with Crippen LogP contribution in [0.3, 0.4) is 0 Å². The molecule has 150 valence electrons. The number of halogens is 1. The first-order valence-electron chi connectivity index (χ1n) is 9.50. The van der Waals surface area contributed by atoms with Crippen molar-refractivity contribution < 1.29 is 4.79 Å². The summed E-state index contributed by atoms with van der Waals surface area (Å²) < 4.78 is 3.18. The number of aromatic nitrogens is 3. The molecule has 1 atom stereocenters. The van der Waals surface area contributed by atoms with E-state index in [-0.39, 0.29) is 28.8 Å². The highest BCUT2D eigenvalue weighted by molar-refractivity contribution is 6.33. The summed E-state index contributed by atoms with van der Waals surface area (Å²) in [6.07, 6.45) is 5.05. The highest BCUT2D eigenvalue weighted by atomic mass is 35.5. The summed E-state index contributed by atoms with van der Waals surface area (Å²) in [7, 11) is 0. The normalized spacial score (nSPS) is 16.9. The van der Waals surface area contributed by atoms with E-state index >= 15 is 0 Å². The average Bonchev–Trinajstić information content (AvgIpc) is 3.14. The summed E-state index contributed by atoms with van der Waals surface area (Å²) >= 11 is 6.37. The highest BCUT2D eigenvalue weighted by Crippen LogP contribution is 2.27. The van der Waals surface area contributed by atoms with Crippen LogP contribution in [0.15, 0.2) is 54.1 Å². The number of nitrogens with one attached hydrogen (secondary N) is 1. The molecule has 0 bridgehead atoms. The molecular formula is C21H22ClN5O2. The maximum atomic E-state index is 13.1. The van der Waals surface area contributed by atoms with Crippen molar-refractivity contribution in [3.63, 3.8) is 0 Å². The third-order valence-corrected chi connectivity index (χ3v) is 5.39. The largest absolute Gasteiger partial charge is 0.334 e. The fourth-order valence-electron chi connectivity index (χ4n) is 3.66. The predicted molar refractivity (Wildman–Crippen MR) is 113 cm³/mol. The average molecular weight is 412 g/mol. The number of carbonyl (C=O) groups excluding carboxylic acids is 1. The molecule has 0 saturated carbocycles. The molecule has 29 heavy (non-hydrogen) atoms. The summed E-state index contributed by atoms with van der Waals surface area (Å²) in [6.45, 7) is 8.05. The standard InChI is InChI=1S/C21H22ClN5O2/c1-3-9-27-18(15-6-4-5-7-16(15)22)13-26-12-17(24-19(26)21(27)29)20(28)25-10-8-23-14(2)11-25/h3-7,12-14,23H,1,8-11H2,2H3/t14-/m1/s1. The first-order chi connectivity index (χ1) is 14.0. The Morgan fingerprint density at radius 1 is 1.38 bits per heavy atom. The molecule has 3 aromatic rings. The lowest BCUT2D eigenvalue weighted by atomic mass is 10.1. The second-order valence-corrected chi connectivity index (χ2v) is 7.57. The van der Waals surface area contributed by atoms with Gasteiger partial charge in [0.25, 0.3) is 11.5 Å². The van der Waals surface area contributed by atoms with E-state index in [9.17, 15) is 9.59 Å². The summed E-state index contributed by atoms with van der Waals surface area (Å²) in [5.74, 6) is -0.170. The molecule has 3 heterocycles. The van der Waals surface area contributed by atoms with Crippen LogP contribution in [0.2, 0.25) is 5.02 Å². The van der Waals surface area contributed by atoms with Crippen LogP contribution in [-0.2, 0) is 6.54 Å². The molecule has 1 aliphatic heterocycles. The van der Waals surface area contributed by atoms with Crippen LogP contribution in [0.5, 0.6) is 0 Å². The number of allylic oxidation sites excluding steroid dienone is 1. The number of nitrogens with zero attached hydrogens (tertiary/aromatic N) is 4. The van der Waals surface area contributed by atoms with Crippen LogP contribution >= 0.6 is 11.6 Å². The van der Waals surface area contributed by atoms with E-state index in [0.29, 0.717) is 30.4 Å². The Balaban J connectivity index is 1.84. The Morgan fingerprint density at radius 2 is 2.17 bits per heavy atom. The maximum Gasteiger partial charge on any atom is 0.295 e. The Morgan fingerprint density at radius 3 is 2.90 bits per heavy atom. The van der Waals surface area contributed by atoms with Gasteiger partial charge in [0.05, 0.1) is 5.69 Å². The quantitative estimate of drug-likeness (QED) is 0.669. The monoisotopic (exact) mass is 411 g/mol. The van der Waals surface area contributed by atoms with Crippen LogP contribution in [0, 0.1) is 0 Å². The first kappa shape index (κ1) is 19.4. The molecule has 0 aliphatic carbocycles. The van der Waals surface area contributed by atoms with E-state index in [4.69, 9.17) is 11.6 Å². The molecule has 1 aromatic carbocycles. The topological polar surface area (TPSA) is 71.6 Å². The first-order valence-corrected chi connectivity index (χ1v) is 9.88. The van der Waals surface area contributed by atoms with Crippen LogP contribution in [0.1, 0.15) is 17.4 Å². The summed E-state index contributed by atoms with van der Waals surface area (Å²) in [4.78, 5) is 32.2. The summed E-state index contributed by atoms with van der Waals surface area (Å²) in [6, 6.07) is 7.55. The second-order valence-electron chi connectivity index (χ2n) is 7.16. The van der Waals surface area contributed by atoms with E-state index in [0.717, 1.165) is 12.1 Å². The number of amides is 1. The Kier molecular flexibility index (Phi) is 5.25. The van der Waals surface area contributed by atoms with Crippen molar-refractivity contribution >= 4 is 23.2 Å². The van der Waals surface area contributed by atoms with Crippen molar-refractivity contribution in [3.05, 3.63) is 70.4 Å². The van der Waals surface area contributed by atoms with Gasteiger partial charge in [-0.1, -0.05) is 35.9 Å². The van der Waals surface area contributed by atoms with Gasteiger partial charge < -0.3 is 10.2 Å². The van der Waals surface area contributed by atoms with Crippen molar-refractivity contribution in [1.29, 1.82) is 0 Å². The predicted octanol–water partition coefficient (Wildman–Crippen LogP) is 2.44. The zero-order valence-electron chi connectivity index (χ0n) is 16.1. The third-order valence-electron chi connectivity index (χ3n) is 5.06. The lowest BCUT2D eigenvalue weighted by molar-refractivity contribution is 0.0704. The van der Waals surface area contributed by atoms with Crippen LogP contribution in [-0.4, -0.2) is 50.4 Å². The number of benzene rings is 1. The number of rotatable bonds is 4. The van der Waals surface area contributed by atoms with Crippen LogP contribution in [0.25, 0.3) is 16.9 Å². The lowest BCUT2D eigenvalue weighted by Crippen LogP contribution is -2.51. The molecule has 0 radical (unpaired) electrons. The summed E-state index contributed by atoms with van der Waals surface area (Å²) in [5.41, 5.74) is 1.54. The molecule has 1 saturated heterocycles. The Bertz CT molecular complexity index is 1150. The fraction of sp³-hybridized carbons (Fsp3) is 0.286. The molecular weight excluding hydrogens is 390 g/mol. The summed E-state index contributed by atoms with van der Waals surface area (Å²) in [5, 5.41) is 3.85. The molecule has 8 heteroatoms. The van der Waals surface area contributed by atoms with Gasteiger partial charge in [-0.15, -0.1) is 6.58 Å². The van der Waals surface area contributed by atoms with E-state index in [2.05, 4.69) is 16.9 Å². The van der Waals surface area contributed by atoms with Gasteiger partial charge in [0.1, 0.15) is 5.69 Å². The molecule has 4 rings (SSSR count). The van der Waals surface area contributed by atoms with Crippen molar-refractivity contribution in [3.8, 4) is 11.3 Å². The van der Waals surface area contributed by atoms with Gasteiger partial charge in [-0.3, -0.25) is 18.6 Å². The molecule has 1 N–H and O–H groups in total. The van der Waals surface area contributed by atoms with Crippen molar-refractivity contribution in [2.24, 2.45) is 0 Å². The molecule has 2 aromatic heterocycles. The number of fused-ring (bicyclic) bond motifs is 1. The van der Waals surface area contributed by atoms with E-state index in [1.807, 2.05) is 25.1 Å². The molecule has 0 unspecified atom stereocenters. The van der Waals surface area contributed by atoms with Crippen LogP contribution < -0.4 is 10.9 Å². The van der Waals surface area contributed by atoms with E-state index < -0.39 is 0 Å². The molecule has 1 amide bonds. The minimum absolute atomic E-state index is 0.170. The van der Waals surface area contributed by atoms with Gasteiger partial charge in [0.2, 0.25) is 5.65 Å².